The molecule has 0 saturated heterocycles. The minimum absolute atomic E-state index is 0.815. The lowest BCUT2D eigenvalue weighted by molar-refractivity contribution is -0.362. The van der Waals surface area contributed by atoms with Crippen molar-refractivity contribution >= 4 is 17.5 Å². The van der Waals surface area contributed by atoms with Crippen molar-refractivity contribution in [1.82, 2.24) is 0 Å². The summed E-state index contributed by atoms with van der Waals surface area (Å²) in [6, 6.07) is 0. The zero-order valence-corrected chi connectivity index (χ0v) is 5.66. The van der Waals surface area contributed by atoms with Crippen LogP contribution in [0.1, 0.15) is 0 Å². The lowest BCUT2D eigenvalue weighted by atomic mass is 10.1. The first kappa shape index (κ1) is 8.41. The minimum Gasteiger partial charge on any atom is -0.849 e. The van der Waals surface area contributed by atoms with Crippen molar-refractivity contribution < 1.29 is 29.3 Å². The molecule has 0 bridgehead atoms. The van der Waals surface area contributed by atoms with E-state index in [1.165, 1.54) is 0 Å². The van der Waals surface area contributed by atoms with Crippen molar-refractivity contribution in [2.24, 2.45) is 0 Å². The number of carbonyl (C=O) groups is 3. The third-order valence-electron chi connectivity index (χ3n) is 1.20. The number of hydrogen-bond acceptors (Lipinski definition) is 5. The summed E-state index contributed by atoms with van der Waals surface area (Å²) < 4.78 is 3.98. The van der Waals surface area contributed by atoms with Crippen LogP contribution in [0.5, 0.6) is 0 Å². The molecule has 63 valence electrons. The van der Waals surface area contributed by atoms with E-state index in [-0.39, 0.29) is 0 Å². The van der Waals surface area contributed by atoms with Crippen LogP contribution in [-0.4, -0.2) is 24.1 Å². The van der Waals surface area contributed by atoms with Gasteiger partial charge in [0.15, 0.2) is 0 Å². The molecule has 0 N–H and O–H groups in total. The fourth-order valence-electron chi connectivity index (χ4n) is 0.622. The second kappa shape index (κ2) is 2.74. The highest BCUT2D eigenvalue weighted by Gasteiger charge is 2.36. The van der Waals surface area contributed by atoms with E-state index in [0.717, 1.165) is 0 Å². The first-order chi connectivity index (χ1) is 5.57. The Morgan fingerprint density at radius 3 is 2.25 bits per heavy atom. The van der Waals surface area contributed by atoms with E-state index in [4.69, 9.17) is 0 Å². The molecule has 0 aromatic rings. The fraction of sp³-hybridized carbons (Fsp3) is 0.167. The largest absolute Gasteiger partial charge is 0.849 e. The number of carbonyl (C=O) groups excluding carboxylic acids is 3. The number of esters is 1. The summed E-state index contributed by atoms with van der Waals surface area (Å²) in [5.41, 5.74) is 0. The summed E-state index contributed by atoms with van der Waals surface area (Å²) in [5, 5.41) is 20.7. The van der Waals surface area contributed by atoms with Crippen LogP contribution in [-0.2, 0) is 24.2 Å². The van der Waals surface area contributed by atoms with Crippen LogP contribution in [0.25, 0.3) is 0 Å². The first-order valence-corrected chi connectivity index (χ1v) is 2.87. The Morgan fingerprint density at radius 1 is 1.17 bits per heavy atom. The van der Waals surface area contributed by atoms with Crippen molar-refractivity contribution in [3.63, 3.8) is 0 Å². The Balaban J connectivity index is 3.12. The highest BCUT2D eigenvalue weighted by molar-refractivity contribution is 6.66. The molecule has 1 aliphatic heterocycles. The molecular formula is C6H2O6-. The van der Waals surface area contributed by atoms with Crippen LogP contribution in [0.2, 0.25) is 0 Å². The van der Waals surface area contributed by atoms with E-state index in [0.29, 0.717) is 0 Å². The van der Waals surface area contributed by atoms with Crippen molar-refractivity contribution in [1.29, 1.82) is 0 Å². The first-order valence-electron chi connectivity index (χ1n) is 2.87. The molecule has 0 saturated carbocycles. The number of ketones is 2. The van der Waals surface area contributed by atoms with Gasteiger partial charge < -0.3 is 9.84 Å². The van der Waals surface area contributed by atoms with Crippen LogP contribution in [0.3, 0.4) is 0 Å². The molecular weight excluding hydrogens is 168 g/mol. The molecule has 0 unspecified atom stereocenters. The minimum atomic E-state index is -1.53. The third-order valence-corrected chi connectivity index (χ3v) is 1.20. The standard InChI is InChI=1S/C6H2O6/c7-1-2-3(8)4(9)5(10)6(11)12-2/h1H2/q-1. The number of Topliss-reactive ketones (excluding diaryl/α,β-unsaturated/α-hetero) is 2. The second-order valence-electron chi connectivity index (χ2n) is 1.94. The second-order valence-corrected chi connectivity index (χ2v) is 1.94. The van der Waals surface area contributed by atoms with Crippen LogP contribution in [0.15, 0.2) is 11.5 Å². The SMILES string of the molecule is [O]C1=C(C[O-])OC(=O)C(=O)C1=O. The van der Waals surface area contributed by atoms with E-state index < -0.39 is 35.7 Å². The van der Waals surface area contributed by atoms with Gasteiger partial charge in [-0.2, -0.15) is 0 Å². The Hall–Kier alpha value is -1.69. The van der Waals surface area contributed by atoms with Gasteiger partial charge in [-0.05, 0) is 0 Å². The van der Waals surface area contributed by atoms with E-state index in [1.807, 2.05) is 0 Å². The van der Waals surface area contributed by atoms with Crippen molar-refractivity contribution in [3.05, 3.63) is 11.5 Å². The van der Waals surface area contributed by atoms with Crippen LogP contribution in [0, 0.1) is 0 Å². The average Bonchev–Trinajstić information content (AvgIpc) is 2.08. The van der Waals surface area contributed by atoms with Gasteiger partial charge in [-0.3, -0.25) is 14.7 Å². The van der Waals surface area contributed by atoms with Gasteiger partial charge in [-0.1, -0.05) is 6.61 Å². The number of rotatable bonds is 1. The molecule has 6 heteroatoms. The molecule has 0 atom stereocenters. The summed E-state index contributed by atoms with van der Waals surface area (Å²) in [6.07, 6.45) is 0. The zero-order chi connectivity index (χ0) is 9.30. The normalized spacial score (nSPS) is 18.2. The van der Waals surface area contributed by atoms with Gasteiger partial charge >= 0.3 is 11.8 Å². The highest BCUT2D eigenvalue weighted by atomic mass is 16.6. The molecule has 1 heterocycles. The molecule has 0 spiro atoms. The van der Waals surface area contributed by atoms with E-state index in [2.05, 4.69) is 4.74 Å². The predicted octanol–water partition coefficient (Wildman–Crippen LogP) is -2.32. The molecule has 1 rings (SSSR count). The maximum Gasteiger partial charge on any atom is 0.388 e. The summed E-state index contributed by atoms with van der Waals surface area (Å²) in [5.74, 6) is -6.64. The van der Waals surface area contributed by atoms with Gasteiger partial charge in [0, 0.05) is 0 Å². The van der Waals surface area contributed by atoms with Crippen LogP contribution < -0.4 is 5.11 Å². The van der Waals surface area contributed by atoms with Crippen LogP contribution in [0.4, 0.5) is 0 Å². The zero-order valence-electron chi connectivity index (χ0n) is 5.66. The molecule has 1 radical (unpaired) electrons. The average molecular weight is 170 g/mol. The molecule has 6 nitrogen and oxygen atoms in total. The van der Waals surface area contributed by atoms with E-state index in [9.17, 15) is 24.6 Å². The summed E-state index contributed by atoms with van der Waals surface area (Å²) in [4.78, 5) is 31.4. The number of ether oxygens (including phenoxy) is 1. The topological polar surface area (TPSA) is 103 Å². The smallest absolute Gasteiger partial charge is 0.388 e. The Bertz CT molecular complexity index is 299. The number of cyclic esters (lactones) is 1. The molecule has 0 aromatic heterocycles. The summed E-state index contributed by atoms with van der Waals surface area (Å²) >= 11 is 0. The quantitative estimate of drug-likeness (QED) is 0.324. The lowest BCUT2D eigenvalue weighted by Gasteiger charge is -2.13. The summed E-state index contributed by atoms with van der Waals surface area (Å²) in [6.45, 7) is -1.12. The van der Waals surface area contributed by atoms with Crippen molar-refractivity contribution in [3.8, 4) is 0 Å². The van der Waals surface area contributed by atoms with Gasteiger partial charge in [0.25, 0.3) is 11.5 Å². The molecule has 1 aliphatic rings. The lowest BCUT2D eigenvalue weighted by Crippen LogP contribution is -2.35. The molecule has 0 aromatic carbocycles. The van der Waals surface area contributed by atoms with Gasteiger partial charge in [0.1, 0.15) is 5.76 Å². The van der Waals surface area contributed by atoms with Gasteiger partial charge in [-0.25, -0.2) is 4.79 Å². The summed E-state index contributed by atoms with van der Waals surface area (Å²) in [7, 11) is 0. The monoisotopic (exact) mass is 170 g/mol. The molecule has 12 heavy (non-hydrogen) atoms. The molecule has 0 fully saturated rings. The van der Waals surface area contributed by atoms with Crippen molar-refractivity contribution in [2.45, 2.75) is 0 Å². The molecule has 0 amide bonds. The maximum absolute atomic E-state index is 10.6. The maximum atomic E-state index is 10.6. The number of allylic oxidation sites excluding steroid dienone is 1. The van der Waals surface area contributed by atoms with E-state index in [1.54, 1.807) is 0 Å². The van der Waals surface area contributed by atoms with Gasteiger partial charge in [0.2, 0.25) is 0 Å². The van der Waals surface area contributed by atoms with Gasteiger partial charge in [0.05, 0.1) is 0 Å². The fourth-order valence-corrected chi connectivity index (χ4v) is 0.622. The number of hydrogen-bond donors (Lipinski definition) is 0. The predicted molar refractivity (Wildman–Crippen MR) is 28.7 cm³/mol. The Labute approximate surface area is 66.1 Å². The third kappa shape index (κ3) is 1.08. The van der Waals surface area contributed by atoms with Gasteiger partial charge in [-0.15, -0.1) is 0 Å². The molecule has 0 aliphatic carbocycles. The Morgan fingerprint density at radius 2 is 1.75 bits per heavy atom. The van der Waals surface area contributed by atoms with Crippen LogP contribution >= 0.6 is 0 Å². The van der Waals surface area contributed by atoms with E-state index >= 15 is 0 Å². The highest BCUT2D eigenvalue weighted by Crippen LogP contribution is 2.11. The van der Waals surface area contributed by atoms with Crippen molar-refractivity contribution in [2.75, 3.05) is 6.61 Å². The Kier molecular flexibility index (Phi) is 1.92.